The highest BCUT2D eigenvalue weighted by atomic mass is 16.2. The summed E-state index contributed by atoms with van der Waals surface area (Å²) < 4.78 is 0. The smallest absolute Gasteiger partial charge is 0.219 e. The second-order valence-electron chi connectivity index (χ2n) is 8.92. The summed E-state index contributed by atoms with van der Waals surface area (Å²) in [6.45, 7) is 15.0. The van der Waals surface area contributed by atoms with Gasteiger partial charge in [-0.1, -0.05) is 26.0 Å². The summed E-state index contributed by atoms with van der Waals surface area (Å²) in [5.41, 5.74) is 8.97. The molecule has 0 aliphatic carbocycles. The van der Waals surface area contributed by atoms with Crippen LogP contribution in [0, 0.1) is 20.8 Å². The molecule has 0 bridgehead atoms. The Morgan fingerprint density at radius 2 is 1.51 bits per heavy atom. The summed E-state index contributed by atoms with van der Waals surface area (Å²) in [7, 11) is 0. The Balaban J connectivity index is 0.00000141. The molecule has 4 aromatic rings. The monoisotopic (exact) mass is 469 g/mol. The van der Waals surface area contributed by atoms with Gasteiger partial charge in [-0.2, -0.15) is 0 Å². The minimum Gasteiger partial charge on any atom is -0.354 e. The normalized spacial score (nSPS) is 13.5. The highest BCUT2D eigenvalue weighted by molar-refractivity contribution is 5.93. The minimum atomic E-state index is 0.144. The first-order chi connectivity index (χ1) is 16.9. The molecule has 6 heteroatoms. The molecule has 4 heterocycles. The molecule has 3 aromatic heterocycles. The maximum Gasteiger partial charge on any atom is 0.219 e. The van der Waals surface area contributed by atoms with Crippen LogP contribution in [0.15, 0.2) is 48.7 Å². The number of hydrogen-bond acceptors (Lipinski definition) is 4. The molecule has 1 aliphatic heterocycles. The van der Waals surface area contributed by atoms with Gasteiger partial charge in [0, 0.05) is 78.4 Å². The Kier molecular flexibility index (Phi) is 7.20. The van der Waals surface area contributed by atoms with E-state index >= 15 is 0 Å². The fourth-order valence-electron chi connectivity index (χ4n) is 4.78. The number of aromatic nitrogens is 3. The van der Waals surface area contributed by atoms with Crippen molar-refractivity contribution in [2.45, 2.75) is 41.5 Å². The quantitative estimate of drug-likeness (QED) is 0.405. The van der Waals surface area contributed by atoms with Crippen LogP contribution in [0.1, 0.15) is 37.7 Å². The van der Waals surface area contributed by atoms with Crippen LogP contribution in [-0.2, 0) is 4.79 Å². The van der Waals surface area contributed by atoms with E-state index in [2.05, 4.69) is 64.3 Å². The molecular weight excluding hydrogens is 434 g/mol. The number of amides is 1. The van der Waals surface area contributed by atoms with Crippen molar-refractivity contribution in [3.8, 4) is 22.4 Å². The van der Waals surface area contributed by atoms with Gasteiger partial charge in [0.15, 0.2) is 0 Å². The molecule has 0 atom stereocenters. The number of carbonyl (C=O) groups excluding carboxylic acids is 1. The zero-order valence-corrected chi connectivity index (χ0v) is 21.6. The number of hydrogen-bond donors (Lipinski definition) is 1. The lowest BCUT2D eigenvalue weighted by Gasteiger charge is -2.34. The fraction of sp³-hybridized carbons (Fsp3) is 0.345. The van der Waals surface area contributed by atoms with Crippen LogP contribution in [0.25, 0.3) is 33.3 Å². The molecule has 35 heavy (non-hydrogen) atoms. The number of anilines is 1. The van der Waals surface area contributed by atoms with E-state index in [0.29, 0.717) is 0 Å². The predicted octanol–water partition coefficient (Wildman–Crippen LogP) is 5.91. The van der Waals surface area contributed by atoms with Crippen LogP contribution in [0.2, 0.25) is 0 Å². The molecule has 5 rings (SSSR count). The average Bonchev–Trinajstić information content (AvgIpc) is 3.20. The van der Waals surface area contributed by atoms with Crippen LogP contribution in [0.5, 0.6) is 0 Å². The molecule has 0 unspecified atom stereocenters. The van der Waals surface area contributed by atoms with Crippen molar-refractivity contribution in [3.63, 3.8) is 0 Å². The van der Waals surface area contributed by atoms with Crippen molar-refractivity contribution in [3.05, 3.63) is 65.6 Å². The topological polar surface area (TPSA) is 65.1 Å². The highest BCUT2D eigenvalue weighted by Crippen LogP contribution is 2.33. The molecule has 0 saturated carbocycles. The van der Waals surface area contributed by atoms with E-state index in [9.17, 15) is 4.79 Å². The standard InChI is InChI=1S/C27H29N5O.C2H6/c1-17-13-23(14-18(2)29-17)27-19(3)24-7-5-21(15-25(24)30-27)22-6-8-26(28-16-22)32-11-9-31(10-12-32)20(4)33;1-2/h5-8,13-16,30H,9-12H2,1-4H3;1-2H3. The second kappa shape index (κ2) is 10.3. The Hall–Kier alpha value is -3.67. The number of piperazine rings is 1. The molecular formula is C29H35N5O. The van der Waals surface area contributed by atoms with Gasteiger partial charge in [-0.15, -0.1) is 0 Å². The Labute approximate surface area is 208 Å². The molecule has 1 aliphatic rings. The van der Waals surface area contributed by atoms with Crippen LogP contribution in [0.4, 0.5) is 5.82 Å². The molecule has 1 aromatic carbocycles. The molecule has 6 nitrogen and oxygen atoms in total. The van der Waals surface area contributed by atoms with E-state index in [1.54, 1.807) is 6.92 Å². The summed E-state index contributed by atoms with van der Waals surface area (Å²) in [6, 6.07) is 15.0. The summed E-state index contributed by atoms with van der Waals surface area (Å²) >= 11 is 0. The second-order valence-corrected chi connectivity index (χ2v) is 8.92. The Bertz CT molecular complexity index is 1310. The SMILES string of the molecule is CC.CC(=O)N1CCN(c2ccc(-c3ccc4c(C)c(-c5cc(C)nc(C)c5)[nH]c4c3)cn2)CC1. The van der Waals surface area contributed by atoms with Gasteiger partial charge in [0.05, 0.1) is 0 Å². The molecule has 1 saturated heterocycles. The van der Waals surface area contributed by atoms with Gasteiger partial charge in [0.25, 0.3) is 0 Å². The molecule has 182 valence electrons. The first-order valence-electron chi connectivity index (χ1n) is 12.4. The lowest BCUT2D eigenvalue weighted by molar-refractivity contribution is -0.129. The average molecular weight is 470 g/mol. The zero-order valence-electron chi connectivity index (χ0n) is 21.6. The van der Waals surface area contributed by atoms with E-state index in [4.69, 9.17) is 4.98 Å². The summed E-state index contributed by atoms with van der Waals surface area (Å²) in [5, 5.41) is 1.23. The van der Waals surface area contributed by atoms with Crippen molar-refractivity contribution in [1.82, 2.24) is 19.9 Å². The highest BCUT2D eigenvalue weighted by Gasteiger charge is 2.19. The number of nitrogens with one attached hydrogen (secondary N) is 1. The lowest BCUT2D eigenvalue weighted by Crippen LogP contribution is -2.48. The van der Waals surface area contributed by atoms with Crippen molar-refractivity contribution >= 4 is 22.6 Å². The van der Waals surface area contributed by atoms with Gasteiger partial charge < -0.3 is 14.8 Å². The van der Waals surface area contributed by atoms with Crippen LogP contribution < -0.4 is 4.90 Å². The van der Waals surface area contributed by atoms with E-state index in [0.717, 1.165) is 65.7 Å². The number of carbonyl (C=O) groups is 1. The van der Waals surface area contributed by atoms with Gasteiger partial charge in [0.1, 0.15) is 5.82 Å². The summed E-state index contributed by atoms with van der Waals surface area (Å²) in [5.74, 6) is 1.11. The maximum atomic E-state index is 11.6. The molecule has 0 spiro atoms. The van der Waals surface area contributed by atoms with Crippen LogP contribution in [0.3, 0.4) is 0 Å². The maximum absolute atomic E-state index is 11.6. The minimum absolute atomic E-state index is 0.144. The first kappa shape index (κ1) is 24.5. The van der Waals surface area contributed by atoms with Gasteiger partial charge >= 0.3 is 0 Å². The number of nitrogens with zero attached hydrogens (tertiary/aromatic N) is 4. The number of aromatic amines is 1. The lowest BCUT2D eigenvalue weighted by atomic mass is 10.0. The number of aryl methyl sites for hydroxylation is 3. The largest absolute Gasteiger partial charge is 0.354 e. The number of pyridine rings is 2. The number of fused-ring (bicyclic) bond motifs is 1. The Morgan fingerprint density at radius 1 is 0.857 bits per heavy atom. The molecule has 0 radical (unpaired) electrons. The summed E-state index contributed by atoms with van der Waals surface area (Å²) in [4.78, 5) is 28.6. The van der Waals surface area contributed by atoms with Gasteiger partial charge in [-0.3, -0.25) is 9.78 Å². The van der Waals surface area contributed by atoms with Crippen molar-refractivity contribution in [2.24, 2.45) is 0 Å². The van der Waals surface area contributed by atoms with Crippen molar-refractivity contribution in [1.29, 1.82) is 0 Å². The van der Waals surface area contributed by atoms with Crippen LogP contribution in [-0.4, -0.2) is 51.9 Å². The number of H-pyrrole nitrogens is 1. The number of rotatable bonds is 3. The van der Waals surface area contributed by atoms with Gasteiger partial charge in [-0.05, 0) is 62.2 Å². The molecule has 1 N–H and O–H groups in total. The van der Waals surface area contributed by atoms with Crippen molar-refractivity contribution < 1.29 is 4.79 Å². The zero-order chi connectivity index (χ0) is 25.1. The van der Waals surface area contributed by atoms with Crippen molar-refractivity contribution in [2.75, 3.05) is 31.1 Å². The Morgan fingerprint density at radius 3 is 2.11 bits per heavy atom. The third kappa shape index (κ3) is 5.06. The third-order valence-corrected chi connectivity index (χ3v) is 6.56. The first-order valence-corrected chi connectivity index (χ1v) is 12.4. The molecule has 1 amide bonds. The fourth-order valence-corrected chi connectivity index (χ4v) is 4.78. The van der Waals surface area contributed by atoms with Gasteiger partial charge in [-0.25, -0.2) is 4.98 Å². The predicted molar refractivity (Wildman–Crippen MR) is 145 cm³/mol. The van der Waals surface area contributed by atoms with E-state index in [1.807, 2.05) is 38.8 Å². The molecule has 1 fully saturated rings. The summed E-state index contributed by atoms with van der Waals surface area (Å²) in [6.07, 6.45) is 1.94. The van der Waals surface area contributed by atoms with Gasteiger partial charge in [0.2, 0.25) is 5.91 Å². The van der Waals surface area contributed by atoms with E-state index in [1.165, 1.54) is 16.5 Å². The number of benzene rings is 1. The third-order valence-electron chi connectivity index (χ3n) is 6.56. The van der Waals surface area contributed by atoms with Crippen LogP contribution >= 0.6 is 0 Å². The van der Waals surface area contributed by atoms with E-state index in [-0.39, 0.29) is 5.91 Å². The van der Waals surface area contributed by atoms with E-state index < -0.39 is 0 Å².